The number of fused-ring (bicyclic) bond motifs is 1. The number of nitrogens with one attached hydrogen (secondary N) is 1. The zero-order valence-electron chi connectivity index (χ0n) is 19.4. The standard InChI is InChI=1S/C25H28ClFN4O3/c1-25(2,3)23(20(32)5-4-6-21(28)33)29-24(34)22-18-13-16(26)9-12-19(18)31(30-22)14-15-7-10-17(27)11-8-15/h7-13,23H,4-6,14H2,1-3H3,(H2,28,33)(H,29,34)/t23-/m1/s1. The Morgan fingerprint density at radius 3 is 2.41 bits per heavy atom. The van der Waals surface area contributed by atoms with Crippen LogP contribution in [0.1, 0.15) is 56.1 Å². The highest BCUT2D eigenvalue weighted by Crippen LogP contribution is 2.26. The number of ketones is 1. The lowest BCUT2D eigenvalue weighted by Gasteiger charge is -2.30. The van der Waals surface area contributed by atoms with Gasteiger partial charge in [0.25, 0.3) is 5.91 Å². The predicted molar refractivity (Wildman–Crippen MR) is 129 cm³/mol. The van der Waals surface area contributed by atoms with Gasteiger partial charge in [-0.3, -0.25) is 19.1 Å². The van der Waals surface area contributed by atoms with Crippen molar-refractivity contribution in [2.45, 2.75) is 52.6 Å². The average molecular weight is 487 g/mol. The molecular formula is C25H28ClFN4O3. The summed E-state index contributed by atoms with van der Waals surface area (Å²) >= 11 is 6.19. The first-order valence-corrected chi connectivity index (χ1v) is 11.4. The van der Waals surface area contributed by atoms with Crippen LogP contribution in [0.4, 0.5) is 4.39 Å². The van der Waals surface area contributed by atoms with E-state index >= 15 is 0 Å². The molecule has 0 radical (unpaired) electrons. The van der Waals surface area contributed by atoms with E-state index in [9.17, 15) is 18.8 Å². The van der Waals surface area contributed by atoms with E-state index < -0.39 is 23.3 Å². The number of rotatable bonds is 9. The third kappa shape index (κ3) is 6.20. The molecule has 0 saturated heterocycles. The van der Waals surface area contributed by atoms with Gasteiger partial charge < -0.3 is 11.1 Å². The number of Topliss-reactive ketones (excluding diaryl/α,β-unsaturated/α-hetero) is 1. The fraction of sp³-hybridized carbons (Fsp3) is 0.360. The zero-order valence-corrected chi connectivity index (χ0v) is 20.2. The summed E-state index contributed by atoms with van der Waals surface area (Å²) in [5.41, 5.74) is 6.23. The molecule has 3 aromatic rings. The number of benzene rings is 2. The number of carbonyl (C=O) groups is 3. The molecule has 1 heterocycles. The van der Waals surface area contributed by atoms with Crippen molar-refractivity contribution in [3.05, 3.63) is 64.6 Å². The van der Waals surface area contributed by atoms with E-state index in [0.29, 0.717) is 28.9 Å². The SMILES string of the molecule is CC(C)(C)[C@H](NC(=O)c1nn(Cc2ccc(F)cc2)c2ccc(Cl)cc12)C(=O)CCCC(N)=O. The summed E-state index contributed by atoms with van der Waals surface area (Å²) < 4.78 is 14.9. The Bertz CT molecular complexity index is 1220. The lowest BCUT2D eigenvalue weighted by atomic mass is 9.82. The molecule has 0 fully saturated rings. The highest BCUT2D eigenvalue weighted by Gasteiger charge is 2.33. The Hall–Kier alpha value is -3.26. The van der Waals surface area contributed by atoms with Crippen LogP contribution in [0.3, 0.4) is 0 Å². The molecule has 0 aliphatic rings. The molecule has 3 rings (SSSR count). The molecule has 9 heteroatoms. The summed E-state index contributed by atoms with van der Waals surface area (Å²) in [7, 11) is 0. The number of carbonyl (C=O) groups excluding carboxylic acids is 3. The Labute approximate surface area is 202 Å². The summed E-state index contributed by atoms with van der Waals surface area (Å²) in [6.45, 7) is 5.88. The quantitative estimate of drug-likeness (QED) is 0.471. The Morgan fingerprint density at radius 1 is 1.12 bits per heavy atom. The van der Waals surface area contributed by atoms with E-state index in [-0.39, 0.29) is 30.1 Å². The van der Waals surface area contributed by atoms with Gasteiger partial charge in [0.1, 0.15) is 5.82 Å². The second-order valence-electron chi connectivity index (χ2n) is 9.35. The minimum atomic E-state index is -0.788. The van der Waals surface area contributed by atoms with E-state index in [2.05, 4.69) is 10.4 Å². The van der Waals surface area contributed by atoms with E-state index in [0.717, 1.165) is 5.56 Å². The van der Waals surface area contributed by atoms with Gasteiger partial charge in [0, 0.05) is 23.3 Å². The van der Waals surface area contributed by atoms with Gasteiger partial charge in [0.2, 0.25) is 5.91 Å². The first-order valence-electron chi connectivity index (χ1n) is 11.0. The fourth-order valence-corrected chi connectivity index (χ4v) is 3.94. The average Bonchev–Trinajstić information content (AvgIpc) is 3.09. The number of halogens is 2. The minimum Gasteiger partial charge on any atom is -0.370 e. The van der Waals surface area contributed by atoms with Gasteiger partial charge in [-0.05, 0) is 47.7 Å². The normalized spacial score (nSPS) is 12.5. The van der Waals surface area contributed by atoms with E-state index in [4.69, 9.17) is 17.3 Å². The summed E-state index contributed by atoms with van der Waals surface area (Å²) in [6, 6.07) is 10.4. The highest BCUT2D eigenvalue weighted by molar-refractivity contribution is 6.31. The van der Waals surface area contributed by atoms with Crippen molar-refractivity contribution in [2.24, 2.45) is 11.1 Å². The number of amides is 2. The second-order valence-corrected chi connectivity index (χ2v) is 9.79. The molecule has 7 nitrogen and oxygen atoms in total. The molecular weight excluding hydrogens is 459 g/mol. The van der Waals surface area contributed by atoms with Crippen LogP contribution in [-0.4, -0.2) is 33.4 Å². The Morgan fingerprint density at radius 2 is 1.79 bits per heavy atom. The number of hydrogen-bond acceptors (Lipinski definition) is 4. The number of nitrogens with two attached hydrogens (primary N) is 1. The first-order chi connectivity index (χ1) is 16.0. The lowest BCUT2D eigenvalue weighted by molar-refractivity contribution is -0.123. The smallest absolute Gasteiger partial charge is 0.273 e. The molecule has 1 atom stereocenters. The van der Waals surface area contributed by atoms with Crippen molar-refractivity contribution in [3.8, 4) is 0 Å². The van der Waals surface area contributed by atoms with Crippen molar-refractivity contribution < 1.29 is 18.8 Å². The van der Waals surface area contributed by atoms with Gasteiger partial charge >= 0.3 is 0 Å². The molecule has 2 aromatic carbocycles. The maximum atomic E-state index is 13.3. The van der Waals surface area contributed by atoms with Crippen LogP contribution >= 0.6 is 11.6 Å². The molecule has 0 unspecified atom stereocenters. The third-order valence-corrected chi connectivity index (χ3v) is 5.72. The number of primary amides is 1. The monoisotopic (exact) mass is 486 g/mol. The minimum absolute atomic E-state index is 0.105. The maximum absolute atomic E-state index is 13.3. The molecule has 1 aromatic heterocycles. The molecule has 0 aliphatic heterocycles. The molecule has 0 aliphatic carbocycles. The molecule has 2 amide bonds. The zero-order chi connectivity index (χ0) is 25.0. The van der Waals surface area contributed by atoms with E-state index in [1.54, 1.807) is 35.0 Å². The summed E-state index contributed by atoms with van der Waals surface area (Å²) in [5, 5.41) is 8.33. The van der Waals surface area contributed by atoms with Crippen LogP contribution in [0, 0.1) is 11.2 Å². The topological polar surface area (TPSA) is 107 Å². The number of nitrogens with zero attached hydrogens (tertiary/aromatic N) is 2. The van der Waals surface area contributed by atoms with Crippen LogP contribution < -0.4 is 11.1 Å². The van der Waals surface area contributed by atoms with Gasteiger partial charge in [-0.25, -0.2) is 4.39 Å². The van der Waals surface area contributed by atoms with Gasteiger partial charge in [-0.15, -0.1) is 0 Å². The number of aromatic nitrogens is 2. The van der Waals surface area contributed by atoms with Gasteiger partial charge in [-0.2, -0.15) is 5.10 Å². The largest absolute Gasteiger partial charge is 0.370 e. The molecule has 180 valence electrons. The molecule has 0 bridgehead atoms. The maximum Gasteiger partial charge on any atom is 0.273 e. The Balaban J connectivity index is 1.90. The molecule has 34 heavy (non-hydrogen) atoms. The van der Waals surface area contributed by atoms with Crippen LogP contribution in [0.5, 0.6) is 0 Å². The van der Waals surface area contributed by atoms with Crippen molar-refractivity contribution >= 4 is 40.1 Å². The van der Waals surface area contributed by atoms with Gasteiger partial charge in [0.15, 0.2) is 11.5 Å². The first kappa shape index (κ1) is 25.4. The van der Waals surface area contributed by atoms with Crippen LogP contribution in [-0.2, 0) is 16.1 Å². The third-order valence-electron chi connectivity index (χ3n) is 5.48. The van der Waals surface area contributed by atoms with Crippen LogP contribution in [0.2, 0.25) is 5.02 Å². The van der Waals surface area contributed by atoms with Gasteiger partial charge in [-0.1, -0.05) is 44.5 Å². The van der Waals surface area contributed by atoms with Gasteiger partial charge in [0.05, 0.1) is 18.1 Å². The summed E-state index contributed by atoms with van der Waals surface area (Å²) in [4.78, 5) is 37.2. The lowest BCUT2D eigenvalue weighted by Crippen LogP contribution is -2.49. The van der Waals surface area contributed by atoms with Crippen molar-refractivity contribution in [2.75, 3.05) is 0 Å². The van der Waals surface area contributed by atoms with Crippen LogP contribution in [0.15, 0.2) is 42.5 Å². The Kier molecular flexibility index (Phi) is 7.71. The fourth-order valence-electron chi connectivity index (χ4n) is 3.76. The summed E-state index contributed by atoms with van der Waals surface area (Å²) in [5.74, 6) is -1.50. The molecule has 0 spiro atoms. The second kappa shape index (κ2) is 10.3. The van der Waals surface area contributed by atoms with E-state index in [1.807, 2.05) is 20.8 Å². The van der Waals surface area contributed by atoms with Crippen LogP contribution in [0.25, 0.3) is 10.9 Å². The highest BCUT2D eigenvalue weighted by atomic mass is 35.5. The van der Waals surface area contributed by atoms with E-state index in [1.165, 1.54) is 12.1 Å². The predicted octanol–water partition coefficient (Wildman–Crippen LogP) is 4.25. The van der Waals surface area contributed by atoms with Crippen molar-refractivity contribution in [3.63, 3.8) is 0 Å². The van der Waals surface area contributed by atoms with Crippen molar-refractivity contribution in [1.82, 2.24) is 15.1 Å². The van der Waals surface area contributed by atoms with Crippen molar-refractivity contribution in [1.29, 1.82) is 0 Å². The molecule has 3 N–H and O–H groups in total. The molecule has 0 saturated carbocycles. The summed E-state index contributed by atoms with van der Waals surface area (Å²) in [6.07, 6.45) is 0.547. The number of hydrogen-bond donors (Lipinski definition) is 2.